The summed E-state index contributed by atoms with van der Waals surface area (Å²) in [5.74, 6) is 0. The van der Waals surface area contributed by atoms with Crippen LogP contribution in [0.15, 0.2) is 35.5 Å². The second kappa shape index (κ2) is 10.4. The van der Waals surface area contributed by atoms with E-state index in [2.05, 4.69) is 24.2 Å². The Bertz CT molecular complexity index is 376. The minimum Gasteiger partial charge on any atom is -0.411 e. The lowest BCUT2D eigenvalue weighted by Crippen LogP contribution is -2.16. The summed E-state index contributed by atoms with van der Waals surface area (Å²) in [5.41, 5.74) is 1.92. The van der Waals surface area contributed by atoms with Gasteiger partial charge in [-0.2, -0.15) is 0 Å². The lowest BCUT2D eigenvalue weighted by molar-refractivity contribution is 0.0376. The number of oxime groups is 1. The van der Waals surface area contributed by atoms with Gasteiger partial charge in [0.25, 0.3) is 0 Å². The van der Waals surface area contributed by atoms with Gasteiger partial charge in [-0.15, -0.1) is 0 Å². The van der Waals surface area contributed by atoms with E-state index in [9.17, 15) is 0 Å². The third-order valence-electron chi connectivity index (χ3n) is 3.40. The number of hydrogen-bond acceptors (Lipinski definition) is 3. The van der Waals surface area contributed by atoms with Crippen LogP contribution in [0.5, 0.6) is 0 Å². The molecule has 1 aromatic carbocycles. The Hall–Kier alpha value is -1.35. The molecule has 0 aromatic heterocycles. The maximum absolute atomic E-state index is 8.81. The van der Waals surface area contributed by atoms with E-state index in [0.717, 1.165) is 12.1 Å². The Balaban J connectivity index is 2.40. The zero-order valence-electron chi connectivity index (χ0n) is 12.7. The number of nitrogens with zero attached hydrogens (tertiary/aromatic N) is 1. The molecule has 1 aromatic rings. The largest absolute Gasteiger partial charge is 0.411 e. The van der Waals surface area contributed by atoms with Crippen molar-refractivity contribution in [2.24, 2.45) is 5.16 Å². The molecule has 1 unspecified atom stereocenters. The molecule has 0 saturated carbocycles. The molecule has 0 saturated heterocycles. The highest BCUT2D eigenvalue weighted by Crippen LogP contribution is 2.14. The summed E-state index contributed by atoms with van der Waals surface area (Å²) in [7, 11) is 0. The van der Waals surface area contributed by atoms with Crippen molar-refractivity contribution >= 4 is 5.71 Å². The van der Waals surface area contributed by atoms with Crippen LogP contribution in [0.25, 0.3) is 0 Å². The summed E-state index contributed by atoms with van der Waals surface area (Å²) in [6, 6.07) is 10.2. The number of unbranched alkanes of at least 4 members (excludes halogenated alkanes) is 3. The molecule has 1 rings (SSSR count). The van der Waals surface area contributed by atoms with Gasteiger partial charge in [0.2, 0.25) is 0 Å². The van der Waals surface area contributed by atoms with Crippen LogP contribution < -0.4 is 0 Å². The molecule has 0 heterocycles. The molecule has 0 amide bonds. The van der Waals surface area contributed by atoms with Gasteiger partial charge in [0.15, 0.2) is 0 Å². The summed E-state index contributed by atoms with van der Waals surface area (Å²) in [6.07, 6.45) is 6.81. The number of rotatable bonds is 10. The van der Waals surface area contributed by atoms with Gasteiger partial charge in [0, 0.05) is 6.42 Å². The maximum atomic E-state index is 8.81. The first kappa shape index (κ1) is 16.7. The fourth-order valence-electron chi connectivity index (χ4n) is 2.20. The summed E-state index contributed by atoms with van der Waals surface area (Å²) < 4.78 is 5.99. The third kappa shape index (κ3) is 7.29. The minimum absolute atomic E-state index is 0.142. The highest BCUT2D eigenvalue weighted by atomic mass is 16.5. The van der Waals surface area contributed by atoms with Gasteiger partial charge in [0.1, 0.15) is 0 Å². The first-order valence-electron chi connectivity index (χ1n) is 7.59. The summed E-state index contributed by atoms with van der Waals surface area (Å²) >= 11 is 0. The van der Waals surface area contributed by atoms with Crippen molar-refractivity contribution < 1.29 is 9.94 Å². The third-order valence-corrected chi connectivity index (χ3v) is 3.40. The average molecular weight is 277 g/mol. The van der Waals surface area contributed by atoms with E-state index >= 15 is 0 Å². The highest BCUT2D eigenvalue weighted by molar-refractivity contribution is 5.81. The van der Waals surface area contributed by atoms with Gasteiger partial charge in [-0.25, -0.2) is 0 Å². The molecular weight excluding hydrogens is 250 g/mol. The van der Waals surface area contributed by atoms with Gasteiger partial charge in [-0.1, -0.05) is 68.1 Å². The predicted molar refractivity (Wildman–Crippen MR) is 83.3 cm³/mol. The van der Waals surface area contributed by atoms with Gasteiger partial charge in [-0.05, 0) is 18.9 Å². The van der Waals surface area contributed by atoms with Crippen LogP contribution in [-0.2, 0) is 11.3 Å². The topological polar surface area (TPSA) is 41.8 Å². The van der Waals surface area contributed by atoms with Crippen LogP contribution in [0.2, 0.25) is 0 Å². The number of benzene rings is 1. The smallest absolute Gasteiger partial charge is 0.0720 e. The SMILES string of the molecule is CCCCCCC(CC(C)=NO)OCc1ccccc1. The first-order chi connectivity index (χ1) is 9.76. The van der Waals surface area contributed by atoms with Gasteiger partial charge in [-0.3, -0.25) is 0 Å². The van der Waals surface area contributed by atoms with E-state index in [4.69, 9.17) is 9.94 Å². The predicted octanol–water partition coefficient (Wildman–Crippen LogP) is 4.78. The standard InChI is InChI=1S/C17H27NO2/c1-3-4-5-9-12-17(13-15(2)18-19)20-14-16-10-7-6-8-11-16/h6-8,10-11,17,19H,3-5,9,12-14H2,1-2H3. The maximum Gasteiger partial charge on any atom is 0.0720 e. The van der Waals surface area contributed by atoms with Crippen LogP contribution in [0.4, 0.5) is 0 Å². The van der Waals surface area contributed by atoms with Gasteiger partial charge < -0.3 is 9.94 Å². The van der Waals surface area contributed by atoms with E-state index < -0.39 is 0 Å². The average Bonchev–Trinajstić information content (AvgIpc) is 2.49. The molecule has 0 aliphatic rings. The van der Waals surface area contributed by atoms with Crippen molar-refractivity contribution in [3.05, 3.63) is 35.9 Å². The summed E-state index contributed by atoms with van der Waals surface area (Å²) in [5, 5.41) is 12.1. The molecule has 0 bridgehead atoms. The Kier molecular flexibility index (Phi) is 8.72. The second-order valence-electron chi connectivity index (χ2n) is 5.31. The van der Waals surface area contributed by atoms with Gasteiger partial charge in [0.05, 0.1) is 18.4 Å². The van der Waals surface area contributed by atoms with Gasteiger partial charge >= 0.3 is 0 Å². The van der Waals surface area contributed by atoms with E-state index in [0.29, 0.717) is 13.0 Å². The molecule has 0 spiro atoms. The van der Waals surface area contributed by atoms with E-state index in [-0.39, 0.29) is 6.10 Å². The summed E-state index contributed by atoms with van der Waals surface area (Å²) in [6.45, 7) is 4.68. The van der Waals surface area contributed by atoms with E-state index in [1.807, 2.05) is 25.1 Å². The van der Waals surface area contributed by atoms with Crippen LogP contribution in [0, 0.1) is 0 Å². The summed E-state index contributed by atoms with van der Waals surface area (Å²) in [4.78, 5) is 0. The molecule has 20 heavy (non-hydrogen) atoms. The van der Waals surface area contributed by atoms with Crippen molar-refractivity contribution in [3.8, 4) is 0 Å². The lowest BCUT2D eigenvalue weighted by atomic mass is 10.0. The quantitative estimate of drug-likeness (QED) is 0.289. The second-order valence-corrected chi connectivity index (χ2v) is 5.31. The normalized spacial score (nSPS) is 13.4. The highest BCUT2D eigenvalue weighted by Gasteiger charge is 2.11. The minimum atomic E-state index is 0.142. The lowest BCUT2D eigenvalue weighted by Gasteiger charge is -2.17. The molecule has 0 fully saturated rings. The number of ether oxygens (including phenoxy) is 1. The molecular formula is C17H27NO2. The zero-order valence-corrected chi connectivity index (χ0v) is 12.7. The van der Waals surface area contributed by atoms with Crippen molar-refractivity contribution in [1.29, 1.82) is 0 Å². The fraction of sp³-hybridized carbons (Fsp3) is 0.588. The van der Waals surface area contributed by atoms with Crippen LogP contribution in [-0.4, -0.2) is 17.0 Å². The molecule has 1 atom stereocenters. The number of hydrogen-bond donors (Lipinski definition) is 1. The molecule has 3 heteroatoms. The van der Waals surface area contributed by atoms with Crippen LogP contribution in [0.3, 0.4) is 0 Å². The van der Waals surface area contributed by atoms with Crippen LogP contribution >= 0.6 is 0 Å². The Morgan fingerprint density at radius 1 is 1.20 bits per heavy atom. The molecule has 0 radical (unpaired) electrons. The zero-order chi connectivity index (χ0) is 14.6. The Morgan fingerprint density at radius 2 is 1.95 bits per heavy atom. The van der Waals surface area contributed by atoms with E-state index in [1.54, 1.807) is 0 Å². The molecule has 0 aliphatic heterocycles. The van der Waals surface area contributed by atoms with Crippen molar-refractivity contribution in [2.75, 3.05) is 0 Å². The van der Waals surface area contributed by atoms with E-state index in [1.165, 1.54) is 31.2 Å². The Morgan fingerprint density at radius 3 is 2.60 bits per heavy atom. The van der Waals surface area contributed by atoms with Crippen LogP contribution in [0.1, 0.15) is 57.9 Å². The van der Waals surface area contributed by atoms with Crippen molar-refractivity contribution in [2.45, 2.75) is 65.1 Å². The van der Waals surface area contributed by atoms with Crippen molar-refractivity contribution in [3.63, 3.8) is 0 Å². The monoisotopic (exact) mass is 277 g/mol. The molecule has 112 valence electrons. The molecule has 1 N–H and O–H groups in total. The molecule has 3 nitrogen and oxygen atoms in total. The molecule has 0 aliphatic carbocycles. The Labute approximate surface area is 122 Å². The fourth-order valence-corrected chi connectivity index (χ4v) is 2.20. The van der Waals surface area contributed by atoms with Crippen molar-refractivity contribution in [1.82, 2.24) is 0 Å². The first-order valence-corrected chi connectivity index (χ1v) is 7.59.